The van der Waals surface area contributed by atoms with Crippen molar-refractivity contribution in [2.75, 3.05) is 25.4 Å². The first kappa shape index (κ1) is 19.1. The molecule has 0 unspecified atom stereocenters. The lowest BCUT2D eigenvalue weighted by Crippen LogP contribution is -2.54. The summed E-state index contributed by atoms with van der Waals surface area (Å²) >= 11 is 7.85. The molecule has 0 radical (unpaired) electrons. The number of hydrogen-bond acceptors (Lipinski definition) is 3. The highest BCUT2D eigenvalue weighted by Gasteiger charge is 2.47. The molecule has 1 saturated carbocycles. The number of benzene rings is 1. The van der Waals surface area contributed by atoms with E-state index in [0.717, 1.165) is 51.1 Å². The first-order valence-corrected chi connectivity index (χ1v) is 11.5. The standard InChI is InChI=1S/C21H27ClN2O2S/c22-18-8-6-17(7-9-18)20(26)24-14-15-27-21(24)10-12-23(13-11-21)19(25)16-4-2-1-3-5-16/h6-9,16H,1-5,10-15H2. The molecule has 3 fully saturated rings. The van der Waals surface area contributed by atoms with Gasteiger partial charge in [0.25, 0.3) is 5.91 Å². The minimum Gasteiger partial charge on any atom is -0.342 e. The number of thioether (sulfide) groups is 1. The van der Waals surface area contributed by atoms with Crippen molar-refractivity contribution in [3.8, 4) is 0 Å². The molecule has 1 spiro atoms. The Labute approximate surface area is 170 Å². The van der Waals surface area contributed by atoms with Crippen molar-refractivity contribution >= 4 is 35.2 Å². The van der Waals surface area contributed by atoms with Crippen molar-refractivity contribution in [1.82, 2.24) is 9.80 Å². The Morgan fingerprint density at radius 2 is 1.67 bits per heavy atom. The largest absolute Gasteiger partial charge is 0.342 e. The smallest absolute Gasteiger partial charge is 0.254 e. The van der Waals surface area contributed by atoms with E-state index >= 15 is 0 Å². The number of piperidine rings is 1. The van der Waals surface area contributed by atoms with Crippen LogP contribution in [0, 0.1) is 5.92 Å². The third-order valence-electron chi connectivity index (χ3n) is 6.32. The molecule has 2 amide bonds. The van der Waals surface area contributed by atoms with Gasteiger partial charge in [0.15, 0.2) is 0 Å². The molecule has 1 aromatic carbocycles. The summed E-state index contributed by atoms with van der Waals surface area (Å²) in [6, 6.07) is 7.17. The zero-order chi connectivity index (χ0) is 18.9. The minimum atomic E-state index is -0.153. The average Bonchev–Trinajstić information content (AvgIpc) is 3.11. The van der Waals surface area contributed by atoms with Crippen LogP contribution in [-0.4, -0.2) is 51.9 Å². The van der Waals surface area contributed by atoms with Crippen LogP contribution in [0.15, 0.2) is 24.3 Å². The first-order valence-electron chi connectivity index (χ1n) is 10.1. The van der Waals surface area contributed by atoms with Gasteiger partial charge >= 0.3 is 0 Å². The average molecular weight is 407 g/mol. The van der Waals surface area contributed by atoms with E-state index in [1.54, 1.807) is 12.1 Å². The third-order valence-corrected chi connectivity index (χ3v) is 8.13. The van der Waals surface area contributed by atoms with Crippen LogP contribution < -0.4 is 0 Å². The Hall–Kier alpha value is -1.20. The van der Waals surface area contributed by atoms with Crippen LogP contribution in [0.4, 0.5) is 0 Å². The van der Waals surface area contributed by atoms with E-state index in [2.05, 4.69) is 4.90 Å². The highest BCUT2D eigenvalue weighted by atomic mass is 35.5. The maximum absolute atomic E-state index is 13.1. The lowest BCUT2D eigenvalue weighted by molar-refractivity contribution is -0.138. The summed E-state index contributed by atoms with van der Waals surface area (Å²) in [6.07, 6.45) is 7.49. The van der Waals surface area contributed by atoms with Crippen LogP contribution in [0.2, 0.25) is 5.02 Å². The third kappa shape index (κ3) is 3.86. The molecule has 0 N–H and O–H groups in total. The maximum atomic E-state index is 13.1. The maximum Gasteiger partial charge on any atom is 0.254 e. The molecule has 3 aliphatic rings. The fourth-order valence-electron chi connectivity index (χ4n) is 4.74. The van der Waals surface area contributed by atoms with Crippen LogP contribution in [0.25, 0.3) is 0 Å². The summed E-state index contributed by atoms with van der Waals surface area (Å²) in [5.41, 5.74) is 0.696. The number of carbonyl (C=O) groups is 2. The lowest BCUT2D eigenvalue weighted by Gasteiger charge is -2.45. The second kappa shape index (κ2) is 8.04. The van der Waals surface area contributed by atoms with Gasteiger partial charge in [-0.3, -0.25) is 9.59 Å². The van der Waals surface area contributed by atoms with Gasteiger partial charge in [0.2, 0.25) is 5.91 Å². The van der Waals surface area contributed by atoms with Gasteiger partial charge in [0, 0.05) is 41.9 Å². The molecule has 0 aromatic heterocycles. The van der Waals surface area contributed by atoms with Crippen molar-refractivity contribution in [2.45, 2.75) is 49.8 Å². The Balaban J connectivity index is 1.42. The zero-order valence-electron chi connectivity index (χ0n) is 15.7. The highest BCUT2D eigenvalue weighted by molar-refractivity contribution is 8.00. The van der Waals surface area contributed by atoms with Gasteiger partial charge in [0.1, 0.15) is 0 Å². The summed E-state index contributed by atoms with van der Waals surface area (Å²) in [7, 11) is 0. The second-order valence-electron chi connectivity index (χ2n) is 7.92. The van der Waals surface area contributed by atoms with Gasteiger partial charge in [-0.15, -0.1) is 11.8 Å². The minimum absolute atomic E-state index is 0.0868. The Bertz CT molecular complexity index is 695. The summed E-state index contributed by atoms with van der Waals surface area (Å²) < 4.78 is 0. The van der Waals surface area contributed by atoms with Crippen LogP contribution in [0.5, 0.6) is 0 Å². The summed E-state index contributed by atoms with van der Waals surface area (Å²) in [6.45, 7) is 2.32. The Morgan fingerprint density at radius 1 is 1.00 bits per heavy atom. The molecule has 6 heteroatoms. The Morgan fingerprint density at radius 3 is 2.33 bits per heavy atom. The van der Waals surface area contributed by atoms with Crippen LogP contribution in [-0.2, 0) is 4.79 Å². The number of amides is 2. The predicted molar refractivity (Wildman–Crippen MR) is 110 cm³/mol. The first-order chi connectivity index (χ1) is 13.1. The van der Waals surface area contributed by atoms with Crippen molar-refractivity contribution in [3.63, 3.8) is 0 Å². The van der Waals surface area contributed by atoms with Crippen molar-refractivity contribution in [2.24, 2.45) is 5.92 Å². The van der Waals surface area contributed by atoms with Crippen LogP contribution in [0.1, 0.15) is 55.3 Å². The molecule has 0 atom stereocenters. The van der Waals surface area contributed by atoms with E-state index in [1.807, 2.05) is 28.8 Å². The quantitative estimate of drug-likeness (QED) is 0.729. The molecule has 2 heterocycles. The molecule has 1 aliphatic carbocycles. The summed E-state index contributed by atoms with van der Waals surface area (Å²) in [4.78, 5) is 29.9. The van der Waals surface area contributed by atoms with Gasteiger partial charge < -0.3 is 9.80 Å². The van der Waals surface area contributed by atoms with E-state index in [4.69, 9.17) is 11.6 Å². The summed E-state index contributed by atoms with van der Waals surface area (Å²) in [5, 5.41) is 0.645. The number of hydrogen-bond donors (Lipinski definition) is 0. The molecule has 2 aliphatic heterocycles. The van der Waals surface area contributed by atoms with E-state index in [0.29, 0.717) is 16.5 Å². The molecule has 0 bridgehead atoms. The molecule has 2 saturated heterocycles. The van der Waals surface area contributed by atoms with Gasteiger partial charge in [-0.05, 0) is 49.9 Å². The fourth-order valence-corrected chi connectivity index (χ4v) is 6.32. The lowest BCUT2D eigenvalue weighted by atomic mass is 9.87. The SMILES string of the molecule is O=C(C1CCCCC1)N1CCC2(CC1)SCCN2C(=O)c1ccc(Cl)cc1. The van der Waals surface area contributed by atoms with E-state index in [-0.39, 0.29) is 16.7 Å². The van der Waals surface area contributed by atoms with Crippen molar-refractivity contribution in [3.05, 3.63) is 34.9 Å². The number of carbonyl (C=O) groups excluding carboxylic acids is 2. The molecule has 1 aromatic rings. The molecular formula is C21H27ClN2O2S. The van der Waals surface area contributed by atoms with Gasteiger partial charge in [-0.25, -0.2) is 0 Å². The van der Waals surface area contributed by atoms with E-state index in [1.165, 1.54) is 19.3 Å². The van der Waals surface area contributed by atoms with E-state index in [9.17, 15) is 9.59 Å². The number of likely N-dealkylation sites (tertiary alicyclic amines) is 1. The van der Waals surface area contributed by atoms with Gasteiger partial charge in [-0.2, -0.15) is 0 Å². The predicted octanol–water partition coefficient (Wildman–Crippen LogP) is 4.43. The van der Waals surface area contributed by atoms with Crippen molar-refractivity contribution in [1.29, 1.82) is 0 Å². The van der Waals surface area contributed by atoms with E-state index < -0.39 is 0 Å². The van der Waals surface area contributed by atoms with Crippen molar-refractivity contribution < 1.29 is 9.59 Å². The molecular weight excluding hydrogens is 380 g/mol. The zero-order valence-corrected chi connectivity index (χ0v) is 17.2. The van der Waals surface area contributed by atoms with Crippen LogP contribution >= 0.6 is 23.4 Å². The molecule has 4 nitrogen and oxygen atoms in total. The number of halogens is 1. The second-order valence-corrected chi connectivity index (χ2v) is 9.81. The number of nitrogens with zero attached hydrogens (tertiary/aromatic N) is 2. The monoisotopic (exact) mass is 406 g/mol. The highest BCUT2D eigenvalue weighted by Crippen LogP contribution is 2.45. The molecule has 27 heavy (non-hydrogen) atoms. The number of rotatable bonds is 2. The molecule has 4 rings (SSSR count). The van der Waals surface area contributed by atoms with Crippen LogP contribution in [0.3, 0.4) is 0 Å². The fraction of sp³-hybridized carbons (Fsp3) is 0.619. The van der Waals surface area contributed by atoms with Gasteiger partial charge in [0.05, 0.1) is 4.87 Å². The summed E-state index contributed by atoms with van der Waals surface area (Å²) in [5.74, 6) is 1.64. The van der Waals surface area contributed by atoms with Gasteiger partial charge in [-0.1, -0.05) is 30.9 Å². The normalized spacial score (nSPS) is 23.0. The topological polar surface area (TPSA) is 40.6 Å². The Kier molecular flexibility index (Phi) is 5.70. The molecule has 146 valence electrons.